The predicted octanol–water partition coefficient (Wildman–Crippen LogP) is 3.06. The minimum absolute atomic E-state index is 0.255. The van der Waals surface area contributed by atoms with Crippen LogP contribution in [0.1, 0.15) is 56.7 Å². The van der Waals surface area contributed by atoms with Gasteiger partial charge in [-0.25, -0.2) is 0 Å². The molecule has 1 atom stereocenters. The minimum atomic E-state index is -0.830. The number of ether oxygens (including phenoxy) is 1. The maximum Gasteiger partial charge on any atom is 0.325 e. The van der Waals surface area contributed by atoms with Gasteiger partial charge in [0.15, 0.2) is 0 Å². The number of para-hydroxylation sites is 1. The topological polar surface area (TPSA) is 58.6 Å². The van der Waals surface area contributed by atoms with Crippen molar-refractivity contribution in [1.82, 2.24) is 5.32 Å². The summed E-state index contributed by atoms with van der Waals surface area (Å²) >= 11 is 0. The predicted molar refractivity (Wildman–Crippen MR) is 80.6 cm³/mol. The van der Waals surface area contributed by atoms with Crippen LogP contribution in [0.2, 0.25) is 0 Å². The molecule has 1 heterocycles. The molecule has 0 aromatic heterocycles. The Bertz CT molecular complexity index is 547. The van der Waals surface area contributed by atoms with E-state index in [1.54, 1.807) is 0 Å². The molecular weight excluding hydrogens is 266 g/mol. The number of aliphatic carboxylic acids is 1. The zero-order valence-electron chi connectivity index (χ0n) is 12.7. The average Bonchev–Trinajstić information content (AvgIpc) is 3.00. The number of fused-ring (bicyclic) bond motifs is 1. The first-order valence-electron chi connectivity index (χ1n) is 7.76. The van der Waals surface area contributed by atoms with Crippen molar-refractivity contribution in [2.24, 2.45) is 0 Å². The van der Waals surface area contributed by atoms with E-state index in [2.05, 4.69) is 5.32 Å². The first-order chi connectivity index (χ1) is 9.96. The molecule has 1 fully saturated rings. The molecule has 4 heteroatoms. The quantitative estimate of drug-likeness (QED) is 0.894. The number of benzene rings is 1. The first-order valence-corrected chi connectivity index (χ1v) is 7.76. The highest BCUT2D eigenvalue weighted by atomic mass is 16.5. The van der Waals surface area contributed by atoms with Crippen LogP contribution in [-0.4, -0.2) is 22.7 Å². The normalized spacial score (nSPS) is 21.8. The molecule has 1 aromatic rings. The highest BCUT2D eigenvalue weighted by Gasteiger charge is 2.35. The number of rotatable bonds is 4. The Morgan fingerprint density at radius 2 is 2.10 bits per heavy atom. The van der Waals surface area contributed by atoms with Gasteiger partial charge in [-0.15, -0.1) is 0 Å². The number of carboxylic acids is 1. The molecule has 0 amide bonds. The lowest BCUT2D eigenvalue weighted by atomic mass is 9.97. The summed E-state index contributed by atoms with van der Waals surface area (Å²) in [5.74, 6) is -0.0657. The Labute approximate surface area is 125 Å². The summed E-state index contributed by atoms with van der Waals surface area (Å²) in [5.41, 5.74) is 1.61. The lowest BCUT2D eigenvalue weighted by molar-refractivity contribution is -0.140. The van der Waals surface area contributed by atoms with Crippen molar-refractivity contribution in [3.05, 3.63) is 29.3 Å². The summed E-state index contributed by atoms with van der Waals surface area (Å²) < 4.78 is 6.02. The molecule has 2 N–H and O–H groups in total. The third-order valence-corrected chi connectivity index (χ3v) is 4.44. The van der Waals surface area contributed by atoms with Crippen LogP contribution in [-0.2, 0) is 11.2 Å². The van der Waals surface area contributed by atoms with E-state index in [9.17, 15) is 9.90 Å². The molecule has 0 saturated heterocycles. The molecule has 0 spiro atoms. The van der Waals surface area contributed by atoms with E-state index < -0.39 is 12.0 Å². The van der Waals surface area contributed by atoms with Gasteiger partial charge in [-0.05, 0) is 32.3 Å². The minimum Gasteiger partial charge on any atom is -0.487 e. The molecule has 3 rings (SSSR count). The SMILES string of the molecule is CC1(C)Cc2cccc(C(NC3CCCC3)C(=O)O)c2O1. The maximum absolute atomic E-state index is 11.7. The van der Waals surface area contributed by atoms with Crippen molar-refractivity contribution < 1.29 is 14.6 Å². The zero-order valence-corrected chi connectivity index (χ0v) is 12.7. The summed E-state index contributed by atoms with van der Waals surface area (Å²) in [6.45, 7) is 4.08. The highest BCUT2D eigenvalue weighted by Crippen LogP contribution is 2.40. The Kier molecular flexibility index (Phi) is 3.66. The number of carbonyl (C=O) groups is 1. The molecular formula is C17H23NO3. The second kappa shape index (κ2) is 5.34. The van der Waals surface area contributed by atoms with E-state index in [1.807, 2.05) is 32.0 Å². The monoisotopic (exact) mass is 289 g/mol. The van der Waals surface area contributed by atoms with Crippen LogP contribution < -0.4 is 10.1 Å². The third kappa shape index (κ3) is 2.91. The van der Waals surface area contributed by atoms with Gasteiger partial charge in [-0.3, -0.25) is 10.1 Å². The van der Waals surface area contributed by atoms with Crippen molar-refractivity contribution in [3.8, 4) is 5.75 Å². The summed E-state index contributed by atoms with van der Waals surface area (Å²) in [6, 6.07) is 5.46. The Hall–Kier alpha value is -1.55. The van der Waals surface area contributed by atoms with Gasteiger partial charge in [0.05, 0.1) is 0 Å². The van der Waals surface area contributed by atoms with Gasteiger partial charge in [-0.2, -0.15) is 0 Å². The van der Waals surface area contributed by atoms with E-state index in [4.69, 9.17) is 4.74 Å². The molecule has 1 aliphatic carbocycles. The molecule has 0 bridgehead atoms. The molecule has 2 aliphatic rings. The second-order valence-corrected chi connectivity index (χ2v) is 6.79. The largest absolute Gasteiger partial charge is 0.487 e. The van der Waals surface area contributed by atoms with Crippen LogP contribution in [0.4, 0.5) is 0 Å². The van der Waals surface area contributed by atoms with Crippen LogP contribution in [0.5, 0.6) is 5.75 Å². The molecule has 1 unspecified atom stereocenters. The fourth-order valence-electron chi connectivity index (χ4n) is 3.49. The summed E-state index contributed by atoms with van der Waals surface area (Å²) in [4.78, 5) is 11.7. The van der Waals surface area contributed by atoms with Crippen molar-refractivity contribution in [2.75, 3.05) is 0 Å². The van der Waals surface area contributed by atoms with Crippen molar-refractivity contribution >= 4 is 5.97 Å². The lowest BCUT2D eigenvalue weighted by Gasteiger charge is -2.23. The number of nitrogens with one attached hydrogen (secondary N) is 1. The van der Waals surface area contributed by atoms with E-state index >= 15 is 0 Å². The van der Waals surface area contributed by atoms with Gasteiger partial charge in [-0.1, -0.05) is 31.0 Å². The Morgan fingerprint density at radius 3 is 2.76 bits per heavy atom. The highest BCUT2D eigenvalue weighted by molar-refractivity contribution is 5.77. The van der Waals surface area contributed by atoms with Crippen LogP contribution in [0.3, 0.4) is 0 Å². The number of hydrogen-bond acceptors (Lipinski definition) is 3. The van der Waals surface area contributed by atoms with E-state index in [0.717, 1.165) is 36.1 Å². The van der Waals surface area contributed by atoms with Gasteiger partial charge >= 0.3 is 5.97 Å². The van der Waals surface area contributed by atoms with E-state index in [0.29, 0.717) is 6.04 Å². The average molecular weight is 289 g/mol. The summed E-state index contributed by atoms with van der Waals surface area (Å²) in [5, 5.41) is 12.9. The summed E-state index contributed by atoms with van der Waals surface area (Å²) in [7, 11) is 0. The van der Waals surface area contributed by atoms with Crippen molar-refractivity contribution in [3.63, 3.8) is 0 Å². The number of carboxylic acid groups (broad SMARTS) is 1. The van der Waals surface area contributed by atoms with Gasteiger partial charge in [0.25, 0.3) is 0 Å². The van der Waals surface area contributed by atoms with E-state index in [1.165, 1.54) is 12.8 Å². The fourth-order valence-corrected chi connectivity index (χ4v) is 3.49. The maximum atomic E-state index is 11.7. The van der Waals surface area contributed by atoms with Crippen LogP contribution in [0, 0.1) is 0 Å². The molecule has 0 radical (unpaired) electrons. The van der Waals surface area contributed by atoms with Gasteiger partial charge in [0, 0.05) is 18.0 Å². The fraction of sp³-hybridized carbons (Fsp3) is 0.588. The van der Waals surface area contributed by atoms with Gasteiger partial charge in [0.2, 0.25) is 0 Å². The smallest absolute Gasteiger partial charge is 0.325 e. The molecule has 1 saturated carbocycles. The van der Waals surface area contributed by atoms with E-state index in [-0.39, 0.29) is 5.60 Å². The molecule has 1 aliphatic heterocycles. The standard InChI is InChI=1S/C17H23NO3/c1-17(2)10-11-6-5-9-13(15(11)21-17)14(16(19)20)18-12-7-3-4-8-12/h5-6,9,12,14,18H,3-4,7-8,10H2,1-2H3,(H,19,20). The molecule has 114 valence electrons. The Balaban J connectivity index is 1.90. The zero-order chi connectivity index (χ0) is 15.0. The molecule has 21 heavy (non-hydrogen) atoms. The summed E-state index contributed by atoms with van der Waals surface area (Å²) in [6.07, 6.45) is 5.31. The third-order valence-electron chi connectivity index (χ3n) is 4.44. The molecule has 4 nitrogen and oxygen atoms in total. The van der Waals surface area contributed by atoms with Crippen molar-refractivity contribution in [1.29, 1.82) is 0 Å². The van der Waals surface area contributed by atoms with Crippen LogP contribution in [0.15, 0.2) is 18.2 Å². The van der Waals surface area contributed by atoms with Crippen LogP contribution in [0.25, 0.3) is 0 Å². The lowest BCUT2D eigenvalue weighted by Crippen LogP contribution is -2.35. The molecule has 1 aromatic carbocycles. The van der Waals surface area contributed by atoms with Gasteiger partial charge < -0.3 is 9.84 Å². The Morgan fingerprint density at radius 1 is 1.38 bits per heavy atom. The van der Waals surface area contributed by atoms with Crippen LogP contribution >= 0.6 is 0 Å². The van der Waals surface area contributed by atoms with Gasteiger partial charge in [0.1, 0.15) is 17.4 Å². The second-order valence-electron chi connectivity index (χ2n) is 6.79. The van der Waals surface area contributed by atoms with Crippen molar-refractivity contribution in [2.45, 2.75) is 63.6 Å². The first kappa shape index (κ1) is 14.4. The number of hydrogen-bond donors (Lipinski definition) is 2.